The molecule has 0 fully saturated rings. The Bertz CT molecular complexity index is 551. The van der Waals surface area contributed by atoms with Crippen LogP contribution in [0, 0.1) is 0 Å². The number of pyridine rings is 2. The quantitative estimate of drug-likeness (QED) is 0.366. The number of rotatable bonds is 3. The monoisotopic (exact) mass is 226 g/mol. The molecular formula is C12H10N4O. The van der Waals surface area contributed by atoms with Crippen molar-refractivity contribution in [1.29, 1.82) is 0 Å². The van der Waals surface area contributed by atoms with Crippen molar-refractivity contribution >= 4 is 12.0 Å². The van der Waals surface area contributed by atoms with Gasteiger partial charge in [0, 0.05) is 29.7 Å². The molecule has 0 aromatic carbocycles. The van der Waals surface area contributed by atoms with Gasteiger partial charge < -0.3 is 5.84 Å². The van der Waals surface area contributed by atoms with E-state index >= 15 is 0 Å². The molecule has 0 atom stereocenters. The molecule has 0 saturated carbocycles. The Hall–Kier alpha value is -2.56. The van der Waals surface area contributed by atoms with E-state index in [-0.39, 0.29) is 5.78 Å². The van der Waals surface area contributed by atoms with E-state index in [1.165, 1.54) is 12.4 Å². The molecule has 84 valence electrons. The lowest BCUT2D eigenvalue weighted by Gasteiger charge is -2.02. The first-order valence-corrected chi connectivity index (χ1v) is 4.96. The molecule has 17 heavy (non-hydrogen) atoms. The van der Waals surface area contributed by atoms with Crippen molar-refractivity contribution in [2.24, 2.45) is 10.9 Å². The molecule has 2 N–H and O–H groups in total. The first-order valence-electron chi connectivity index (χ1n) is 4.96. The number of hydrogen-bond acceptors (Lipinski definition) is 5. The fraction of sp³-hybridized carbons (Fsp3) is 0. The van der Waals surface area contributed by atoms with E-state index in [1.54, 1.807) is 36.7 Å². The summed E-state index contributed by atoms with van der Waals surface area (Å²) in [5.74, 6) is 4.89. The smallest absolute Gasteiger partial charge is 0.213 e. The van der Waals surface area contributed by atoms with Gasteiger partial charge in [0.25, 0.3) is 0 Å². The number of ketones is 1. The van der Waals surface area contributed by atoms with Gasteiger partial charge in [0.1, 0.15) is 5.69 Å². The summed E-state index contributed by atoms with van der Waals surface area (Å²) >= 11 is 0. The predicted octanol–water partition coefficient (Wildman–Crippen LogP) is 1.00. The summed E-state index contributed by atoms with van der Waals surface area (Å²) in [6, 6.07) is 6.84. The van der Waals surface area contributed by atoms with E-state index < -0.39 is 0 Å². The molecular weight excluding hydrogens is 216 g/mol. The molecule has 0 radical (unpaired) electrons. The topological polar surface area (TPSA) is 81.2 Å². The summed E-state index contributed by atoms with van der Waals surface area (Å²) in [7, 11) is 0. The van der Waals surface area contributed by atoms with E-state index in [0.29, 0.717) is 16.8 Å². The van der Waals surface area contributed by atoms with Crippen LogP contribution in [0.15, 0.2) is 48.0 Å². The second-order valence-corrected chi connectivity index (χ2v) is 3.29. The fourth-order valence-electron chi connectivity index (χ4n) is 1.43. The molecule has 2 rings (SSSR count). The Balaban J connectivity index is 2.44. The Kier molecular flexibility index (Phi) is 3.20. The van der Waals surface area contributed by atoms with E-state index in [2.05, 4.69) is 15.1 Å². The second-order valence-electron chi connectivity index (χ2n) is 3.29. The molecule has 0 aliphatic rings. The zero-order chi connectivity index (χ0) is 12.1. The van der Waals surface area contributed by atoms with E-state index in [9.17, 15) is 4.79 Å². The van der Waals surface area contributed by atoms with Gasteiger partial charge in [0.15, 0.2) is 0 Å². The van der Waals surface area contributed by atoms with Crippen LogP contribution in [-0.2, 0) is 0 Å². The third-order valence-corrected chi connectivity index (χ3v) is 2.19. The van der Waals surface area contributed by atoms with Crippen LogP contribution < -0.4 is 5.84 Å². The number of nitrogens with zero attached hydrogens (tertiary/aromatic N) is 3. The van der Waals surface area contributed by atoms with Gasteiger partial charge in [-0.3, -0.25) is 14.8 Å². The summed E-state index contributed by atoms with van der Waals surface area (Å²) < 4.78 is 0. The largest absolute Gasteiger partial charge is 0.323 e. The molecule has 0 aliphatic heterocycles. The minimum atomic E-state index is -0.200. The van der Waals surface area contributed by atoms with Gasteiger partial charge in [-0.2, -0.15) is 5.10 Å². The lowest BCUT2D eigenvalue weighted by atomic mass is 10.1. The molecule has 2 aromatic heterocycles. The van der Waals surface area contributed by atoms with Crippen LogP contribution in [0.3, 0.4) is 0 Å². The Morgan fingerprint density at radius 2 is 2.12 bits per heavy atom. The molecule has 2 heterocycles. The van der Waals surface area contributed by atoms with Gasteiger partial charge in [0.2, 0.25) is 5.78 Å². The predicted molar refractivity (Wildman–Crippen MR) is 63.7 cm³/mol. The van der Waals surface area contributed by atoms with Gasteiger partial charge >= 0.3 is 0 Å². The molecule has 0 aliphatic carbocycles. The third kappa shape index (κ3) is 2.34. The van der Waals surface area contributed by atoms with Crippen molar-refractivity contribution in [2.45, 2.75) is 0 Å². The normalized spacial score (nSPS) is 10.6. The van der Waals surface area contributed by atoms with Crippen molar-refractivity contribution in [3.8, 4) is 0 Å². The van der Waals surface area contributed by atoms with Crippen molar-refractivity contribution in [3.63, 3.8) is 0 Å². The van der Waals surface area contributed by atoms with Crippen molar-refractivity contribution in [1.82, 2.24) is 9.97 Å². The maximum absolute atomic E-state index is 12.1. The summed E-state index contributed by atoms with van der Waals surface area (Å²) in [6.45, 7) is 0. The van der Waals surface area contributed by atoms with Crippen molar-refractivity contribution in [2.75, 3.05) is 0 Å². The number of aromatic nitrogens is 2. The van der Waals surface area contributed by atoms with Gasteiger partial charge in [-0.05, 0) is 24.3 Å². The first kappa shape index (κ1) is 10.9. The molecule has 5 nitrogen and oxygen atoms in total. The first-order chi connectivity index (χ1) is 8.33. The minimum Gasteiger partial charge on any atom is -0.323 e. The lowest BCUT2D eigenvalue weighted by molar-refractivity contribution is 0.103. The van der Waals surface area contributed by atoms with Crippen LogP contribution in [0.1, 0.15) is 21.6 Å². The molecule has 0 spiro atoms. The number of hydrogen-bond donors (Lipinski definition) is 1. The number of hydrazone groups is 1. The zero-order valence-corrected chi connectivity index (χ0v) is 8.95. The zero-order valence-electron chi connectivity index (χ0n) is 8.95. The second kappa shape index (κ2) is 4.98. The SMILES string of the molecule is NN=Cc1cccnc1C(=O)c1cccnc1. The van der Waals surface area contributed by atoms with Crippen LogP contribution in [0.25, 0.3) is 0 Å². The third-order valence-electron chi connectivity index (χ3n) is 2.19. The Labute approximate surface area is 98.0 Å². The van der Waals surface area contributed by atoms with Gasteiger partial charge in [-0.25, -0.2) is 0 Å². The number of carbonyl (C=O) groups is 1. The summed E-state index contributed by atoms with van der Waals surface area (Å²) in [5.41, 5.74) is 1.39. The summed E-state index contributed by atoms with van der Waals surface area (Å²) in [6.07, 6.45) is 6.06. The lowest BCUT2D eigenvalue weighted by Crippen LogP contribution is -2.08. The summed E-state index contributed by atoms with van der Waals surface area (Å²) in [5, 5.41) is 3.41. The van der Waals surface area contributed by atoms with Crippen LogP contribution in [0.2, 0.25) is 0 Å². The minimum absolute atomic E-state index is 0.200. The van der Waals surface area contributed by atoms with Gasteiger partial charge in [-0.15, -0.1) is 0 Å². The maximum atomic E-state index is 12.1. The highest BCUT2D eigenvalue weighted by Gasteiger charge is 2.13. The molecule has 2 aromatic rings. The van der Waals surface area contributed by atoms with E-state index in [4.69, 9.17) is 5.84 Å². The molecule has 0 saturated heterocycles. The average Bonchev–Trinajstić information content (AvgIpc) is 2.40. The Morgan fingerprint density at radius 3 is 2.82 bits per heavy atom. The summed E-state index contributed by atoms with van der Waals surface area (Å²) in [4.78, 5) is 20.1. The van der Waals surface area contributed by atoms with Gasteiger partial charge in [-0.1, -0.05) is 0 Å². The highest BCUT2D eigenvalue weighted by atomic mass is 16.1. The Morgan fingerprint density at radius 1 is 1.29 bits per heavy atom. The standard InChI is InChI=1S/C12H10N4O/c13-16-8-9-3-2-6-15-11(9)12(17)10-4-1-5-14-7-10/h1-8H,13H2. The number of carbonyl (C=O) groups excluding carboxylic acids is 1. The van der Waals surface area contributed by atoms with E-state index in [0.717, 1.165) is 0 Å². The van der Waals surface area contributed by atoms with Crippen LogP contribution >= 0.6 is 0 Å². The van der Waals surface area contributed by atoms with Crippen LogP contribution in [0.5, 0.6) is 0 Å². The van der Waals surface area contributed by atoms with Crippen LogP contribution in [0.4, 0.5) is 0 Å². The molecule has 5 heteroatoms. The van der Waals surface area contributed by atoms with Crippen molar-refractivity contribution in [3.05, 3.63) is 59.7 Å². The molecule has 0 amide bonds. The van der Waals surface area contributed by atoms with E-state index in [1.807, 2.05) is 0 Å². The molecule has 0 unspecified atom stereocenters. The van der Waals surface area contributed by atoms with Crippen LogP contribution in [-0.4, -0.2) is 22.0 Å². The highest BCUT2D eigenvalue weighted by molar-refractivity contribution is 6.11. The van der Waals surface area contributed by atoms with Crippen molar-refractivity contribution < 1.29 is 4.79 Å². The highest BCUT2D eigenvalue weighted by Crippen LogP contribution is 2.09. The molecule has 0 bridgehead atoms. The fourth-order valence-corrected chi connectivity index (χ4v) is 1.43. The number of nitrogens with two attached hydrogens (primary N) is 1. The maximum Gasteiger partial charge on any atom is 0.213 e. The van der Waals surface area contributed by atoms with Gasteiger partial charge in [0.05, 0.1) is 6.21 Å². The average molecular weight is 226 g/mol.